The molecule has 22 heavy (non-hydrogen) atoms. The van der Waals surface area contributed by atoms with Gasteiger partial charge >= 0.3 is 6.03 Å². The molecule has 2 heterocycles. The van der Waals surface area contributed by atoms with E-state index in [1.807, 2.05) is 20.9 Å². The van der Waals surface area contributed by atoms with Gasteiger partial charge in [0.2, 0.25) is 0 Å². The van der Waals surface area contributed by atoms with Crippen molar-refractivity contribution < 1.29 is 4.79 Å². The average molecular weight is 319 g/mol. The van der Waals surface area contributed by atoms with Crippen LogP contribution < -0.4 is 10.6 Å². The zero-order chi connectivity index (χ0) is 15.7. The number of aromatic nitrogens is 3. The van der Waals surface area contributed by atoms with Crippen molar-refractivity contribution in [1.82, 2.24) is 20.1 Å². The van der Waals surface area contributed by atoms with Gasteiger partial charge in [-0.3, -0.25) is 4.68 Å². The Morgan fingerprint density at radius 3 is 2.86 bits per heavy atom. The second-order valence-electron chi connectivity index (χ2n) is 5.72. The minimum atomic E-state index is -0.225. The number of hydrogen-bond acceptors (Lipinski definition) is 4. The Morgan fingerprint density at radius 1 is 1.41 bits per heavy atom. The number of carbonyl (C=O) groups excluding carboxylic acids is 1. The molecule has 2 aromatic rings. The molecule has 1 atom stereocenters. The van der Waals surface area contributed by atoms with Gasteiger partial charge in [-0.1, -0.05) is 0 Å². The molecule has 0 radical (unpaired) electrons. The molecular formula is C15H21N5OS. The topological polar surface area (TPSA) is 71.8 Å². The van der Waals surface area contributed by atoms with Crippen LogP contribution in [-0.2, 0) is 19.9 Å². The zero-order valence-corrected chi connectivity index (χ0v) is 14.0. The highest BCUT2D eigenvalue weighted by Gasteiger charge is 2.19. The van der Waals surface area contributed by atoms with Crippen LogP contribution in [0.2, 0.25) is 0 Å². The van der Waals surface area contributed by atoms with Gasteiger partial charge < -0.3 is 10.6 Å². The summed E-state index contributed by atoms with van der Waals surface area (Å²) in [5.74, 6) is 0. The first-order valence-corrected chi connectivity index (χ1v) is 8.41. The quantitative estimate of drug-likeness (QED) is 0.913. The Balaban J connectivity index is 1.63. The summed E-state index contributed by atoms with van der Waals surface area (Å²) in [5, 5.41) is 10.9. The molecule has 7 heteroatoms. The van der Waals surface area contributed by atoms with Crippen molar-refractivity contribution >= 4 is 23.1 Å². The number of thiazole rings is 1. The van der Waals surface area contributed by atoms with E-state index in [9.17, 15) is 4.79 Å². The first kappa shape index (κ1) is 15.0. The maximum Gasteiger partial charge on any atom is 0.319 e. The van der Waals surface area contributed by atoms with Crippen LogP contribution in [0.15, 0.2) is 6.20 Å². The van der Waals surface area contributed by atoms with Gasteiger partial charge in [0.05, 0.1) is 29.3 Å². The molecule has 2 amide bonds. The number of anilines is 1. The van der Waals surface area contributed by atoms with Crippen molar-refractivity contribution in [3.8, 4) is 0 Å². The minimum Gasteiger partial charge on any atom is -0.329 e. The van der Waals surface area contributed by atoms with Crippen LogP contribution in [0.4, 0.5) is 10.5 Å². The van der Waals surface area contributed by atoms with Gasteiger partial charge in [0, 0.05) is 11.9 Å². The highest BCUT2D eigenvalue weighted by molar-refractivity contribution is 7.11. The number of hydrogen-bond donors (Lipinski definition) is 2. The molecule has 2 N–H and O–H groups in total. The molecule has 6 nitrogen and oxygen atoms in total. The standard InChI is InChI=1S/C15H21N5OS/c1-9(14-18-11-6-4-5-7-13(11)22-14)17-15(21)19-12-8-16-20(3)10(12)2/h8-9H,4-7H2,1-3H3,(H2,17,19,21)/t9-/m0/s1. The van der Waals surface area contributed by atoms with Crippen molar-refractivity contribution in [1.29, 1.82) is 0 Å². The van der Waals surface area contributed by atoms with Crippen molar-refractivity contribution in [3.05, 3.63) is 27.5 Å². The van der Waals surface area contributed by atoms with E-state index in [1.54, 1.807) is 22.2 Å². The summed E-state index contributed by atoms with van der Waals surface area (Å²) < 4.78 is 1.73. The van der Waals surface area contributed by atoms with Gasteiger partial charge in [0.25, 0.3) is 0 Å². The summed E-state index contributed by atoms with van der Waals surface area (Å²) in [6.07, 6.45) is 6.32. The van der Waals surface area contributed by atoms with Crippen LogP contribution in [0, 0.1) is 6.92 Å². The van der Waals surface area contributed by atoms with E-state index in [1.165, 1.54) is 23.4 Å². The molecule has 1 aliphatic rings. The van der Waals surface area contributed by atoms with Crippen LogP contribution in [0.25, 0.3) is 0 Å². The van der Waals surface area contributed by atoms with Gasteiger partial charge in [0.15, 0.2) is 0 Å². The Labute approximate surface area is 133 Å². The molecule has 0 fully saturated rings. The third-order valence-electron chi connectivity index (χ3n) is 4.06. The zero-order valence-electron chi connectivity index (χ0n) is 13.1. The van der Waals surface area contributed by atoms with Gasteiger partial charge in [-0.2, -0.15) is 5.10 Å². The molecule has 0 saturated carbocycles. The van der Waals surface area contributed by atoms with Crippen LogP contribution in [0.1, 0.15) is 47.1 Å². The molecule has 0 aliphatic heterocycles. The largest absolute Gasteiger partial charge is 0.329 e. The van der Waals surface area contributed by atoms with E-state index in [2.05, 4.69) is 15.7 Å². The number of nitrogens with one attached hydrogen (secondary N) is 2. The Kier molecular flexibility index (Phi) is 4.15. The van der Waals surface area contributed by atoms with Gasteiger partial charge in [-0.05, 0) is 39.5 Å². The Morgan fingerprint density at radius 2 is 2.18 bits per heavy atom. The number of rotatable bonds is 3. The monoisotopic (exact) mass is 319 g/mol. The fourth-order valence-electron chi connectivity index (χ4n) is 2.60. The van der Waals surface area contributed by atoms with E-state index in [4.69, 9.17) is 4.98 Å². The van der Waals surface area contributed by atoms with E-state index < -0.39 is 0 Å². The van der Waals surface area contributed by atoms with E-state index in [-0.39, 0.29) is 12.1 Å². The van der Waals surface area contributed by atoms with Crippen molar-refractivity contribution in [3.63, 3.8) is 0 Å². The normalized spacial score (nSPS) is 15.2. The average Bonchev–Trinajstić information content (AvgIpc) is 3.06. The molecule has 118 valence electrons. The molecule has 0 unspecified atom stereocenters. The molecule has 0 bridgehead atoms. The maximum atomic E-state index is 12.1. The predicted octanol–water partition coefficient (Wildman–Crippen LogP) is 2.95. The highest BCUT2D eigenvalue weighted by Crippen LogP contribution is 2.29. The fraction of sp³-hybridized carbons (Fsp3) is 0.533. The predicted molar refractivity (Wildman–Crippen MR) is 87.3 cm³/mol. The number of carbonyl (C=O) groups is 1. The molecule has 0 aromatic carbocycles. The summed E-state index contributed by atoms with van der Waals surface area (Å²) >= 11 is 1.73. The van der Waals surface area contributed by atoms with Gasteiger partial charge in [-0.25, -0.2) is 9.78 Å². The van der Waals surface area contributed by atoms with Crippen LogP contribution in [0.3, 0.4) is 0 Å². The van der Waals surface area contributed by atoms with Crippen molar-refractivity contribution in [2.45, 2.75) is 45.6 Å². The molecule has 0 spiro atoms. The second kappa shape index (κ2) is 6.08. The summed E-state index contributed by atoms with van der Waals surface area (Å²) in [6.45, 7) is 3.89. The SMILES string of the molecule is Cc1c(NC(=O)N[C@@H](C)c2nc3c(s2)CCCC3)cnn1C. The number of aryl methyl sites for hydroxylation is 3. The van der Waals surface area contributed by atoms with E-state index in [0.717, 1.165) is 29.2 Å². The Hall–Kier alpha value is -1.89. The number of nitrogens with zero attached hydrogens (tertiary/aromatic N) is 3. The van der Waals surface area contributed by atoms with Crippen LogP contribution in [-0.4, -0.2) is 20.8 Å². The van der Waals surface area contributed by atoms with Crippen molar-refractivity contribution in [2.24, 2.45) is 7.05 Å². The lowest BCUT2D eigenvalue weighted by atomic mass is 10.0. The van der Waals surface area contributed by atoms with Crippen LogP contribution in [0.5, 0.6) is 0 Å². The number of fused-ring (bicyclic) bond motifs is 1. The lowest BCUT2D eigenvalue weighted by Crippen LogP contribution is -2.31. The second-order valence-corrected chi connectivity index (χ2v) is 6.83. The third kappa shape index (κ3) is 2.99. The minimum absolute atomic E-state index is 0.0902. The molecular weight excluding hydrogens is 298 g/mol. The lowest BCUT2D eigenvalue weighted by molar-refractivity contribution is 0.249. The smallest absolute Gasteiger partial charge is 0.319 e. The summed E-state index contributed by atoms with van der Waals surface area (Å²) in [5.41, 5.74) is 2.88. The van der Waals surface area contributed by atoms with Crippen molar-refractivity contribution in [2.75, 3.05) is 5.32 Å². The van der Waals surface area contributed by atoms with Gasteiger partial charge in [-0.15, -0.1) is 11.3 Å². The lowest BCUT2D eigenvalue weighted by Gasteiger charge is -2.12. The van der Waals surface area contributed by atoms with E-state index in [0.29, 0.717) is 0 Å². The number of urea groups is 1. The summed E-state index contributed by atoms with van der Waals surface area (Å²) in [7, 11) is 1.85. The molecule has 2 aromatic heterocycles. The molecule has 1 aliphatic carbocycles. The fourth-order valence-corrected chi connectivity index (χ4v) is 3.75. The molecule has 3 rings (SSSR count). The maximum absolute atomic E-state index is 12.1. The third-order valence-corrected chi connectivity index (χ3v) is 5.40. The number of amides is 2. The summed E-state index contributed by atoms with van der Waals surface area (Å²) in [6, 6.07) is -0.315. The summed E-state index contributed by atoms with van der Waals surface area (Å²) in [4.78, 5) is 18.2. The Bertz CT molecular complexity index is 667. The van der Waals surface area contributed by atoms with Gasteiger partial charge in [0.1, 0.15) is 5.01 Å². The first-order chi connectivity index (χ1) is 10.5. The molecule has 0 saturated heterocycles. The highest BCUT2D eigenvalue weighted by atomic mass is 32.1. The first-order valence-electron chi connectivity index (χ1n) is 7.59. The van der Waals surface area contributed by atoms with E-state index >= 15 is 0 Å². The van der Waals surface area contributed by atoms with Crippen LogP contribution >= 0.6 is 11.3 Å².